The van der Waals surface area contributed by atoms with Crippen LogP contribution in [0.2, 0.25) is 0 Å². The molecule has 1 aliphatic rings. The number of rotatable bonds is 3. The van der Waals surface area contributed by atoms with E-state index in [0.717, 1.165) is 16.6 Å². The van der Waals surface area contributed by atoms with Crippen molar-refractivity contribution < 1.29 is 13.7 Å². The molecular weight excluding hydrogens is 350 g/mol. The molecule has 0 atom stereocenters. The van der Waals surface area contributed by atoms with Crippen molar-refractivity contribution in [2.24, 2.45) is 0 Å². The predicted molar refractivity (Wildman–Crippen MR) is 113 cm³/mol. The van der Waals surface area contributed by atoms with Crippen LogP contribution in [0.15, 0.2) is 72.8 Å². The maximum Gasteiger partial charge on any atom is 0.494 e. The van der Waals surface area contributed by atoms with E-state index in [1.807, 2.05) is 100 Å². The summed E-state index contributed by atoms with van der Waals surface area (Å²) in [6.45, 7) is 8.08. The highest BCUT2D eigenvalue weighted by atomic mass is 19.1. The van der Waals surface area contributed by atoms with E-state index in [2.05, 4.69) is 0 Å². The molecule has 1 heterocycles. The lowest BCUT2D eigenvalue weighted by atomic mass is 9.76. The summed E-state index contributed by atoms with van der Waals surface area (Å²) in [7, 11) is -0.546. The van der Waals surface area contributed by atoms with Crippen molar-refractivity contribution in [1.82, 2.24) is 0 Å². The summed E-state index contributed by atoms with van der Waals surface area (Å²) >= 11 is 0. The molecule has 0 unspecified atom stereocenters. The number of hydrogen-bond acceptors (Lipinski definition) is 2. The summed E-state index contributed by atoms with van der Waals surface area (Å²) in [5.41, 5.74) is 2.67. The van der Waals surface area contributed by atoms with E-state index in [9.17, 15) is 0 Å². The van der Waals surface area contributed by atoms with Gasteiger partial charge in [0.05, 0.1) is 11.2 Å². The molecular formula is C24H24BFO2. The van der Waals surface area contributed by atoms with Gasteiger partial charge < -0.3 is 9.31 Å². The topological polar surface area (TPSA) is 18.5 Å². The van der Waals surface area contributed by atoms with E-state index in [1.54, 1.807) is 0 Å². The quantitative estimate of drug-likeness (QED) is 0.567. The Balaban J connectivity index is 1.88. The molecule has 0 aromatic heterocycles. The van der Waals surface area contributed by atoms with Crippen molar-refractivity contribution >= 4 is 12.6 Å². The molecule has 4 rings (SSSR count). The second-order valence-electron chi connectivity index (χ2n) is 8.25. The smallest absolute Gasteiger partial charge is 0.399 e. The Morgan fingerprint density at radius 1 is 0.679 bits per heavy atom. The first-order chi connectivity index (χ1) is 13.3. The van der Waals surface area contributed by atoms with Gasteiger partial charge in [-0.25, -0.2) is 4.39 Å². The zero-order valence-electron chi connectivity index (χ0n) is 16.7. The fourth-order valence-corrected chi connectivity index (χ4v) is 3.42. The van der Waals surface area contributed by atoms with Crippen molar-refractivity contribution in [3.8, 4) is 22.3 Å². The molecule has 1 saturated heterocycles. The van der Waals surface area contributed by atoms with E-state index >= 15 is 4.39 Å². The molecule has 1 aliphatic heterocycles. The first-order valence-corrected chi connectivity index (χ1v) is 9.58. The third kappa shape index (κ3) is 3.27. The predicted octanol–water partition coefficient (Wildman–Crippen LogP) is 5.46. The van der Waals surface area contributed by atoms with E-state index in [0.29, 0.717) is 11.1 Å². The number of benzene rings is 3. The summed E-state index contributed by atoms with van der Waals surface area (Å²) in [4.78, 5) is 0. The monoisotopic (exact) mass is 374 g/mol. The second-order valence-corrected chi connectivity index (χ2v) is 8.25. The van der Waals surface area contributed by atoms with Gasteiger partial charge >= 0.3 is 7.12 Å². The molecule has 2 nitrogen and oxygen atoms in total. The third-order valence-corrected chi connectivity index (χ3v) is 5.79. The molecule has 0 amide bonds. The molecule has 0 saturated carbocycles. The lowest BCUT2D eigenvalue weighted by Crippen LogP contribution is -2.41. The van der Waals surface area contributed by atoms with Gasteiger partial charge in [-0.3, -0.25) is 0 Å². The number of halogens is 1. The van der Waals surface area contributed by atoms with Crippen LogP contribution in [0.5, 0.6) is 0 Å². The van der Waals surface area contributed by atoms with Gasteiger partial charge in [0.15, 0.2) is 0 Å². The summed E-state index contributed by atoms with van der Waals surface area (Å²) < 4.78 is 28.0. The fraction of sp³-hybridized carbons (Fsp3) is 0.250. The Morgan fingerprint density at radius 2 is 1.07 bits per heavy atom. The van der Waals surface area contributed by atoms with Gasteiger partial charge in [0.1, 0.15) is 5.82 Å². The van der Waals surface area contributed by atoms with Crippen LogP contribution in [-0.4, -0.2) is 18.3 Å². The minimum absolute atomic E-state index is 0.238. The van der Waals surface area contributed by atoms with Crippen LogP contribution in [0, 0.1) is 5.82 Å². The number of hydrogen-bond donors (Lipinski definition) is 0. The minimum atomic E-state index is -0.546. The van der Waals surface area contributed by atoms with Gasteiger partial charge in [0, 0.05) is 11.1 Å². The summed E-state index contributed by atoms with van der Waals surface area (Å²) in [6, 6.07) is 22.9. The maximum atomic E-state index is 15.5. The van der Waals surface area contributed by atoms with Crippen LogP contribution in [-0.2, 0) is 9.31 Å². The normalized spacial score (nSPS) is 17.7. The molecule has 1 fully saturated rings. The third-order valence-electron chi connectivity index (χ3n) is 5.79. The molecule has 0 spiro atoms. The van der Waals surface area contributed by atoms with Crippen LogP contribution in [0.3, 0.4) is 0 Å². The van der Waals surface area contributed by atoms with Crippen LogP contribution in [0.1, 0.15) is 27.7 Å². The molecule has 0 aliphatic carbocycles. The molecule has 3 aromatic rings. The zero-order valence-corrected chi connectivity index (χ0v) is 16.7. The van der Waals surface area contributed by atoms with Gasteiger partial charge in [-0.2, -0.15) is 0 Å². The Morgan fingerprint density at radius 3 is 1.46 bits per heavy atom. The molecule has 0 radical (unpaired) electrons. The highest BCUT2D eigenvalue weighted by Gasteiger charge is 2.51. The lowest BCUT2D eigenvalue weighted by molar-refractivity contribution is 0.00578. The average Bonchev–Trinajstić information content (AvgIpc) is 2.90. The van der Waals surface area contributed by atoms with Gasteiger partial charge in [0.25, 0.3) is 0 Å². The first-order valence-electron chi connectivity index (χ1n) is 9.58. The Labute approximate surface area is 166 Å². The molecule has 142 valence electrons. The van der Waals surface area contributed by atoms with E-state index in [1.165, 1.54) is 0 Å². The molecule has 0 N–H and O–H groups in total. The Bertz CT molecular complexity index is 907. The fourth-order valence-electron chi connectivity index (χ4n) is 3.42. The maximum absolute atomic E-state index is 15.5. The van der Waals surface area contributed by atoms with E-state index < -0.39 is 18.3 Å². The van der Waals surface area contributed by atoms with Gasteiger partial charge in [-0.05, 0) is 44.3 Å². The Kier molecular flexibility index (Phi) is 4.64. The summed E-state index contributed by atoms with van der Waals surface area (Å²) in [5.74, 6) is -0.238. The lowest BCUT2D eigenvalue weighted by Gasteiger charge is -2.32. The second kappa shape index (κ2) is 6.87. The Hall–Kier alpha value is -2.43. The van der Waals surface area contributed by atoms with Crippen LogP contribution in [0.4, 0.5) is 4.39 Å². The largest absolute Gasteiger partial charge is 0.494 e. The van der Waals surface area contributed by atoms with E-state index in [-0.39, 0.29) is 5.82 Å². The standard InChI is InChI=1S/C24H24BFO2/c1-23(2)24(3,4)28-25(27-23)19-15-20(17-11-7-5-8-12-17)22(26)21(16-19)18-13-9-6-10-14-18/h5-16H,1-4H3. The van der Waals surface area contributed by atoms with E-state index in [4.69, 9.17) is 9.31 Å². The van der Waals surface area contributed by atoms with Crippen LogP contribution < -0.4 is 5.46 Å². The molecule has 3 aromatic carbocycles. The summed E-state index contributed by atoms with van der Waals surface area (Å²) in [5, 5.41) is 0. The first kappa shape index (κ1) is 18.9. The van der Waals surface area contributed by atoms with Crippen molar-refractivity contribution in [3.63, 3.8) is 0 Å². The van der Waals surface area contributed by atoms with Crippen molar-refractivity contribution in [2.75, 3.05) is 0 Å². The zero-order chi connectivity index (χ0) is 19.9. The SMILES string of the molecule is CC1(C)OB(c2cc(-c3ccccc3)c(F)c(-c3ccccc3)c2)OC1(C)C. The van der Waals surface area contributed by atoms with Crippen molar-refractivity contribution in [2.45, 2.75) is 38.9 Å². The molecule has 4 heteroatoms. The van der Waals surface area contributed by atoms with Gasteiger partial charge in [-0.15, -0.1) is 0 Å². The van der Waals surface area contributed by atoms with Gasteiger partial charge in [-0.1, -0.05) is 72.8 Å². The summed E-state index contributed by atoms with van der Waals surface area (Å²) in [6.07, 6.45) is 0. The average molecular weight is 374 g/mol. The minimum Gasteiger partial charge on any atom is -0.399 e. The van der Waals surface area contributed by atoms with Crippen molar-refractivity contribution in [3.05, 3.63) is 78.6 Å². The van der Waals surface area contributed by atoms with Gasteiger partial charge in [0.2, 0.25) is 0 Å². The highest BCUT2D eigenvalue weighted by Crippen LogP contribution is 2.38. The van der Waals surface area contributed by atoms with Crippen LogP contribution in [0.25, 0.3) is 22.3 Å². The highest BCUT2D eigenvalue weighted by molar-refractivity contribution is 6.62. The molecule has 0 bridgehead atoms. The van der Waals surface area contributed by atoms with Crippen LogP contribution >= 0.6 is 0 Å². The molecule has 28 heavy (non-hydrogen) atoms. The van der Waals surface area contributed by atoms with Crippen molar-refractivity contribution in [1.29, 1.82) is 0 Å².